The SMILES string of the molecule is COc1ccc(CC/C(=N/Nc2ccc([N+](=O)[O-])cc2[N+](=O)[O-])C(C)C)cc1. The average Bonchev–Trinajstić information content (AvgIpc) is 2.67. The van der Waals surface area contributed by atoms with Gasteiger partial charge in [0.2, 0.25) is 0 Å². The van der Waals surface area contributed by atoms with Crippen molar-refractivity contribution in [3.05, 3.63) is 68.3 Å². The molecular formula is C19H22N4O5. The minimum absolute atomic E-state index is 0.109. The van der Waals surface area contributed by atoms with E-state index in [2.05, 4.69) is 10.5 Å². The van der Waals surface area contributed by atoms with E-state index in [0.29, 0.717) is 6.42 Å². The number of hydrogen-bond donors (Lipinski definition) is 1. The molecule has 0 aromatic heterocycles. The number of methoxy groups -OCH3 is 1. The predicted octanol–water partition coefficient (Wildman–Crippen LogP) is 4.57. The number of nitro benzene ring substituents is 2. The zero-order valence-corrected chi connectivity index (χ0v) is 15.9. The Morgan fingerprint density at radius 3 is 2.32 bits per heavy atom. The molecule has 2 aromatic rings. The van der Waals surface area contributed by atoms with Crippen molar-refractivity contribution >= 4 is 22.8 Å². The van der Waals surface area contributed by atoms with E-state index in [9.17, 15) is 20.2 Å². The lowest BCUT2D eigenvalue weighted by molar-refractivity contribution is -0.393. The van der Waals surface area contributed by atoms with Gasteiger partial charge >= 0.3 is 5.69 Å². The van der Waals surface area contributed by atoms with E-state index in [-0.39, 0.29) is 17.3 Å². The van der Waals surface area contributed by atoms with Gasteiger partial charge in [-0.15, -0.1) is 0 Å². The van der Waals surface area contributed by atoms with E-state index in [4.69, 9.17) is 4.74 Å². The van der Waals surface area contributed by atoms with Crippen molar-refractivity contribution < 1.29 is 14.6 Å². The molecule has 9 nitrogen and oxygen atoms in total. The summed E-state index contributed by atoms with van der Waals surface area (Å²) in [4.78, 5) is 20.7. The molecule has 0 atom stereocenters. The molecule has 0 saturated carbocycles. The molecule has 1 N–H and O–H groups in total. The Hall–Kier alpha value is -3.49. The third-order valence-electron chi connectivity index (χ3n) is 4.20. The maximum Gasteiger partial charge on any atom is 0.301 e. The molecule has 28 heavy (non-hydrogen) atoms. The number of aryl methyl sites for hydroxylation is 1. The summed E-state index contributed by atoms with van der Waals surface area (Å²) in [6, 6.07) is 11.2. The van der Waals surface area contributed by atoms with Crippen molar-refractivity contribution in [2.45, 2.75) is 26.7 Å². The van der Waals surface area contributed by atoms with Crippen LogP contribution in [0.1, 0.15) is 25.8 Å². The molecule has 0 saturated heterocycles. The maximum atomic E-state index is 11.2. The molecule has 0 radical (unpaired) electrons. The van der Waals surface area contributed by atoms with E-state index < -0.39 is 15.5 Å². The van der Waals surface area contributed by atoms with Crippen molar-refractivity contribution in [2.24, 2.45) is 11.0 Å². The zero-order valence-electron chi connectivity index (χ0n) is 15.9. The molecule has 2 rings (SSSR count). The normalized spacial score (nSPS) is 11.4. The molecular weight excluding hydrogens is 364 g/mol. The highest BCUT2D eigenvalue weighted by Gasteiger charge is 2.19. The van der Waals surface area contributed by atoms with Crippen LogP contribution in [0.25, 0.3) is 0 Å². The molecule has 0 heterocycles. The highest BCUT2D eigenvalue weighted by atomic mass is 16.6. The summed E-state index contributed by atoms with van der Waals surface area (Å²) in [5.74, 6) is 0.913. The van der Waals surface area contributed by atoms with Gasteiger partial charge in [-0.2, -0.15) is 5.10 Å². The van der Waals surface area contributed by atoms with E-state index in [0.717, 1.165) is 29.5 Å². The first-order chi connectivity index (χ1) is 13.3. The fraction of sp³-hybridized carbons (Fsp3) is 0.316. The van der Waals surface area contributed by atoms with Crippen molar-refractivity contribution in [3.63, 3.8) is 0 Å². The smallest absolute Gasteiger partial charge is 0.301 e. The third-order valence-corrected chi connectivity index (χ3v) is 4.20. The molecule has 0 amide bonds. The maximum absolute atomic E-state index is 11.2. The van der Waals surface area contributed by atoms with Gasteiger partial charge in [-0.05, 0) is 42.5 Å². The topological polar surface area (TPSA) is 120 Å². The summed E-state index contributed by atoms with van der Waals surface area (Å²) >= 11 is 0. The summed E-state index contributed by atoms with van der Waals surface area (Å²) in [6.45, 7) is 3.97. The summed E-state index contributed by atoms with van der Waals surface area (Å²) < 4.78 is 5.14. The first-order valence-electron chi connectivity index (χ1n) is 8.70. The molecule has 0 fully saturated rings. The second kappa shape index (κ2) is 9.45. The van der Waals surface area contributed by atoms with E-state index >= 15 is 0 Å². The van der Waals surface area contributed by atoms with Gasteiger partial charge in [-0.1, -0.05) is 26.0 Å². The lowest BCUT2D eigenvalue weighted by Crippen LogP contribution is -2.12. The molecule has 0 unspecified atom stereocenters. The number of ether oxygens (including phenoxy) is 1. The first kappa shape index (κ1) is 20.8. The lowest BCUT2D eigenvalue weighted by atomic mass is 10.00. The lowest BCUT2D eigenvalue weighted by Gasteiger charge is -2.11. The van der Waals surface area contributed by atoms with Gasteiger partial charge in [0.1, 0.15) is 11.4 Å². The summed E-state index contributed by atoms with van der Waals surface area (Å²) in [7, 11) is 1.61. The van der Waals surface area contributed by atoms with Crippen molar-refractivity contribution in [3.8, 4) is 5.75 Å². The Morgan fingerprint density at radius 2 is 1.79 bits per heavy atom. The Kier molecular flexibility index (Phi) is 7.02. The number of hydrazone groups is 1. The first-order valence-corrected chi connectivity index (χ1v) is 8.70. The highest BCUT2D eigenvalue weighted by molar-refractivity contribution is 5.87. The van der Waals surface area contributed by atoms with Crippen LogP contribution in [0.2, 0.25) is 0 Å². The second-order valence-electron chi connectivity index (χ2n) is 6.43. The minimum Gasteiger partial charge on any atom is -0.497 e. The quantitative estimate of drug-likeness (QED) is 0.383. The van der Waals surface area contributed by atoms with Crippen molar-refractivity contribution in [2.75, 3.05) is 12.5 Å². The molecule has 2 aromatic carbocycles. The van der Waals surface area contributed by atoms with Crippen LogP contribution in [0.5, 0.6) is 5.75 Å². The molecule has 0 spiro atoms. The third kappa shape index (κ3) is 5.50. The molecule has 0 aliphatic heterocycles. The molecule has 9 heteroatoms. The number of nitrogens with one attached hydrogen (secondary N) is 1. The largest absolute Gasteiger partial charge is 0.497 e. The Morgan fingerprint density at radius 1 is 1.11 bits per heavy atom. The summed E-state index contributed by atoms with van der Waals surface area (Å²) in [5, 5.41) is 26.4. The number of non-ortho nitro benzene ring substituents is 1. The number of benzene rings is 2. The number of nitrogens with zero attached hydrogens (tertiary/aromatic N) is 3. The van der Waals surface area contributed by atoms with Gasteiger partial charge in [0.05, 0.1) is 23.0 Å². The van der Waals surface area contributed by atoms with Gasteiger partial charge in [-0.3, -0.25) is 25.7 Å². The molecule has 148 valence electrons. The van der Waals surface area contributed by atoms with Crippen molar-refractivity contribution in [1.29, 1.82) is 0 Å². The van der Waals surface area contributed by atoms with Gasteiger partial charge in [0.25, 0.3) is 5.69 Å². The van der Waals surface area contributed by atoms with Crippen LogP contribution in [0, 0.1) is 26.1 Å². The molecule has 0 aliphatic carbocycles. The standard InChI is InChI=1S/C19H22N4O5/c1-13(2)17(10-6-14-4-8-16(28-3)9-5-14)20-21-18-11-7-15(22(24)25)12-19(18)23(26)27/h4-5,7-9,11-13,21H,6,10H2,1-3H3/b20-17-. The number of nitro groups is 2. The summed E-state index contributed by atoms with van der Waals surface area (Å²) in [6.07, 6.45) is 1.42. The fourth-order valence-electron chi connectivity index (χ4n) is 2.55. The Labute approximate surface area is 162 Å². The van der Waals surface area contributed by atoms with Crippen LogP contribution in [-0.2, 0) is 6.42 Å². The minimum atomic E-state index is -0.672. The van der Waals surface area contributed by atoms with E-state index in [1.807, 2.05) is 38.1 Å². The van der Waals surface area contributed by atoms with Gasteiger partial charge in [0.15, 0.2) is 0 Å². The van der Waals surface area contributed by atoms with Crippen LogP contribution >= 0.6 is 0 Å². The Balaban J connectivity index is 2.15. The van der Waals surface area contributed by atoms with Crippen LogP contribution in [-0.4, -0.2) is 22.7 Å². The predicted molar refractivity (Wildman–Crippen MR) is 107 cm³/mol. The van der Waals surface area contributed by atoms with Gasteiger partial charge in [-0.25, -0.2) is 0 Å². The van der Waals surface area contributed by atoms with Gasteiger partial charge < -0.3 is 4.74 Å². The van der Waals surface area contributed by atoms with E-state index in [1.165, 1.54) is 12.1 Å². The van der Waals surface area contributed by atoms with Crippen LogP contribution in [0.4, 0.5) is 17.1 Å². The number of hydrogen-bond acceptors (Lipinski definition) is 7. The van der Waals surface area contributed by atoms with E-state index in [1.54, 1.807) is 7.11 Å². The van der Waals surface area contributed by atoms with Crippen LogP contribution in [0.3, 0.4) is 0 Å². The number of anilines is 1. The zero-order chi connectivity index (χ0) is 20.7. The monoisotopic (exact) mass is 386 g/mol. The molecule has 0 aliphatic rings. The summed E-state index contributed by atoms with van der Waals surface area (Å²) in [5.41, 5.74) is 4.03. The van der Waals surface area contributed by atoms with Crippen LogP contribution in [0.15, 0.2) is 47.6 Å². The fourth-order valence-corrected chi connectivity index (χ4v) is 2.55. The van der Waals surface area contributed by atoms with Gasteiger partial charge in [0, 0.05) is 11.8 Å². The second-order valence-corrected chi connectivity index (χ2v) is 6.43. The molecule has 0 bridgehead atoms. The number of rotatable bonds is 9. The average molecular weight is 386 g/mol. The Bertz CT molecular complexity index is 878. The van der Waals surface area contributed by atoms with Crippen molar-refractivity contribution in [1.82, 2.24) is 0 Å². The highest BCUT2D eigenvalue weighted by Crippen LogP contribution is 2.29. The van der Waals surface area contributed by atoms with Crippen LogP contribution < -0.4 is 10.2 Å².